The number of carbonyl (C=O) groups excluding carboxylic acids is 1. The lowest BCUT2D eigenvalue weighted by atomic mass is 10.0. The molecular formula is C22H30N2O2. The zero-order valence-electron chi connectivity index (χ0n) is 16.7. The molecule has 2 rings (SSSR count). The van der Waals surface area contributed by atoms with Crippen molar-refractivity contribution in [2.75, 3.05) is 19.0 Å². The van der Waals surface area contributed by atoms with Crippen LogP contribution in [0.1, 0.15) is 36.1 Å². The number of amides is 2. The maximum absolute atomic E-state index is 12.8. The van der Waals surface area contributed by atoms with Crippen molar-refractivity contribution < 1.29 is 9.53 Å². The topological polar surface area (TPSA) is 41.6 Å². The van der Waals surface area contributed by atoms with Crippen LogP contribution >= 0.6 is 0 Å². The highest BCUT2D eigenvalue weighted by Crippen LogP contribution is 2.21. The van der Waals surface area contributed by atoms with E-state index >= 15 is 0 Å². The lowest BCUT2D eigenvalue weighted by Crippen LogP contribution is -2.42. The quantitative estimate of drug-likeness (QED) is 0.783. The Balaban J connectivity index is 2.08. The molecule has 0 heterocycles. The Labute approximate surface area is 157 Å². The van der Waals surface area contributed by atoms with Gasteiger partial charge in [-0.05, 0) is 81.5 Å². The lowest BCUT2D eigenvalue weighted by Gasteiger charge is -2.29. The predicted octanol–water partition coefficient (Wildman–Crippen LogP) is 5.11. The monoisotopic (exact) mass is 354 g/mol. The summed E-state index contributed by atoms with van der Waals surface area (Å²) in [5.41, 5.74) is 5.57. The van der Waals surface area contributed by atoms with Crippen LogP contribution in [0.3, 0.4) is 0 Å². The smallest absolute Gasteiger partial charge is 0.322 e. The van der Waals surface area contributed by atoms with E-state index in [2.05, 4.69) is 44.3 Å². The largest absolute Gasteiger partial charge is 0.497 e. The van der Waals surface area contributed by atoms with Gasteiger partial charge in [-0.15, -0.1) is 0 Å². The fraction of sp³-hybridized carbons (Fsp3) is 0.409. The van der Waals surface area contributed by atoms with Gasteiger partial charge in [-0.2, -0.15) is 0 Å². The van der Waals surface area contributed by atoms with Gasteiger partial charge in [0.05, 0.1) is 7.11 Å². The van der Waals surface area contributed by atoms with Crippen molar-refractivity contribution in [1.29, 1.82) is 0 Å². The Kier molecular flexibility index (Phi) is 6.67. The molecule has 0 aliphatic heterocycles. The van der Waals surface area contributed by atoms with Gasteiger partial charge in [0.1, 0.15) is 5.75 Å². The first-order valence-corrected chi connectivity index (χ1v) is 9.14. The highest BCUT2D eigenvalue weighted by molar-refractivity contribution is 5.90. The first-order chi connectivity index (χ1) is 12.3. The van der Waals surface area contributed by atoms with Crippen LogP contribution in [0.2, 0.25) is 0 Å². The lowest BCUT2D eigenvalue weighted by molar-refractivity contribution is 0.196. The molecule has 1 atom stereocenters. The summed E-state index contributed by atoms with van der Waals surface area (Å²) in [4.78, 5) is 14.7. The van der Waals surface area contributed by atoms with Crippen molar-refractivity contribution in [3.63, 3.8) is 0 Å². The van der Waals surface area contributed by atoms with Gasteiger partial charge in [0.25, 0.3) is 0 Å². The molecule has 2 aromatic carbocycles. The number of methoxy groups -OCH3 is 1. The van der Waals surface area contributed by atoms with E-state index in [1.165, 1.54) is 16.7 Å². The van der Waals surface area contributed by atoms with Crippen molar-refractivity contribution in [3.8, 4) is 5.75 Å². The van der Waals surface area contributed by atoms with E-state index in [-0.39, 0.29) is 12.1 Å². The van der Waals surface area contributed by atoms with Crippen molar-refractivity contribution >= 4 is 11.7 Å². The average molecular weight is 354 g/mol. The van der Waals surface area contributed by atoms with Crippen molar-refractivity contribution in [1.82, 2.24) is 4.90 Å². The van der Waals surface area contributed by atoms with E-state index in [0.29, 0.717) is 6.54 Å². The Hall–Kier alpha value is -2.49. The zero-order chi connectivity index (χ0) is 19.3. The number of carbonyl (C=O) groups is 1. The molecule has 0 aliphatic carbocycles. The number of likely N-dealkylation sites (N-methyl/N-ethyl adjacent to an activating group) is 1. The molecule has 1 N–H and O–H groups in total. The van der Waals surface area contributed by atoms with Crippen LogP contribution in [0.25, 0.3) is 0 Å². The molecule has 4 heteroatoms. The number of aryl methyl sites for hydroxylation is 3. The highest BCUT2D eigenvalue weighted by atomic mass is 16.5. The maximum Gasteiger partial charge on any atom is 0.322 e. The van der Waals surface area contributed by atoms with Crippen LogP contribution in [-0.2, 0) is 6.42 Å². The van der Waals surface area contributed by atoms with Gasteiger partial charge in [0.15, 0.2) is 0 Å². The molecule has 0 fully saturated rings. The third kappa shape index (κ3) is 4.78. The van der Waals surface area contributed by atoms with Crippen LogP contribution in [0.5, 0.6) is 5.75 Å². The number of benzene rings is 2. The van der Waals surface area contributed by atoms with Crippen LogP contribution in [0, 0.1) is 20.8 Å². The molecule has 0 saturated carbocycles. The molecule has 0 saturated heterocycles. The Bertz CT molecular complexity index is 753. The van der Waals surface area contributed by atoms with Crippen molar-refractivity contribution in [2.24, 2.45) is 0 Å². The number of nitrogens with zero attached hydrogens (tertiary/aromatic N) is 1. The third-order valence-electron chi connectivity index (χ3n) is 4.91. The molecule has 2 aromatic rings. The second-order valence-corrected chi connectivity index (χ2v) is 6.87. The molecule has 1 unspecified atom stereocenters. The van der Waals surface area contributed by atoms with Crippen LogP contribution in [0.4, 0.5) is 10.5 Å². The van der Waals surface area contributed by atoms with Crippen LogP contribution in [0.15, 0.2) is 36.4 Å². The number of hydrogen-bond donors (Lipinski definition) is 1. The molecule has 0 radical (unpaired) electrons. The van der Waals surface area contributed by atoms with Crippen molar-refractivity contribution in [3.05, 3.63) is 58.7 Å². The molecular weight excluding hydrogens is 324 g/mol. The van der Waals surface area contributed by atoms with Gasteiger partial charge < -0.3 is 15.0 Å². The predicted molar refractivity (Wildman–Crippen MR) is 108 cm³/mol. The summed E-state index contributed by atoms with van der Waals surface area (Å²) in [5, 5.41) is 3.08. The molecule has 2 amide bonds. The standard InChI is InChI=1S/C22H30N2O2/c1-7-24(18(5)14-19-8-10-20(26-6)11-9-19)22(25)23-21-13-16(3)15(2)12-17(21)4/h8-13,18H,7,14H2,1-6H3,(H,23,25). The number of ether oxygens (including phenoxy) is 1. The molecule has 0 spiro atoms. The van der Waals surface area contributed by atoms with E-state index in [4.69, 9.17) is 4.74 Å². The zero-order valence-corrected chi connectivity index (χ0v) is 16.7. The van der Waals surface area contributed by atoms with Crippen LogP contribution < -0.4 is 10.1 Å². The van der Waals surface area contributed by atoms with E-state index in [1.54, 1.807) is 7.11 Å². The summed E-state index contributed by atoms with van der Waals surface area (Å²) >= 11 is 0. The summed E-state index contributed by atoms with van der Waals surface area (Å²) in [5.74, 6) is 0.844. The van der Waals surface area contributed by atoms with E-state index in [9.17, 15) is 4.79 Å². The minimum Gasteiger partial charge on any atom is -0.497 e. The van der Waals surface area contributed by atoms with Gasteiger partial charge in [-0.3, -0.25) is 0 Å². The Morgan fingerprint density at radius 3 is 2.27 bits per heavy atom. The molecule has 0 aliphatic rings. The van der Waals surface area contributed by atoms with Gasteiger partial charge in [0.2, 0.25) is 0 Å². The summed E-state index contributed by atoms with van der Waals surface area (Å²) in [6.45, 7) is 10.9. The first kappa shape index (κ1) is 19.8. The summed E-state index contributed by atoms with van der Waals surface area (Å²) in [7, 11) is 1.66. The van der Waals surface area contributed by atoms with Crippen molar-refractivity contribution in [2.45, 2.75) is 47.1 Å². The van der Waals surface area contributed by atoms with E-state index < -0.39 is 0 Å². The van der Waals surface area contributed by atoms with Gasteiger partial charge in [-0.1, -0.05) is 18.2 Å². The fourth-order valence-electron chi connectivity index (χ4n) is 3.15. The number of rotatable bonds is 6. The van der Waals surface area contributed by atoms with Gasteiger partial charge in [0, 0.05) is 18.3 Å². The number of nitrogens with one attached hydrogen (secondary N) is 1. The molecule has 140 valence electrons. The maximum atomic E-state index is 12.8. The molecule has 0 bridgehead atoms. The minimum atomic E-state index is -0.0557. The fourth-order valence-corrected chi connectivity index (χ4v) is 3.15. The third-order valence-corrected chi connectivity index (χ3v) is 4.91. The van der Waals surface area contributed by atoms with Crippen LogP contribution in [-0.4, -0.2) is 30.6 Å². The molecule has 26 heavy (non-hydrogen) atoms. The number of hydrogen-bond acceptors (Lipinski definition) is 2. The normalized spacial score (nSPS) is 11.8. The summed E-state index contributed by atoms with van der Waals surface area (Å²) in [6, 6.07) is 12.2. The van der Waals surface area contributed by atoms with E-state index in [0.717, 1.165) is 23.4 Å². The number of urea groups is 1. The van der Waals surface area contributed by atoms with Gasteiger partial charge >= 0.3 is 6.03 Å². The summed E-state index contributed by atoms with van der Waals surface area (Å²) in [6.07, 6.45) is 0.803. The van der Waals surface area contributed by atoms with E-state index in [1.807, 2.05) is 36.9 Å². The highest BCUT2D eigenvalue weighted by Gasteiger charge is 2.19. The Morgan fingerprint density at radius 2 is 1.69 bits per heavy atom. The van der Waals surface area contributed by atoms with Gasteiger partial charge in [-0.25, -0.2) is 4.79 Å². The first-order valence-electron chi connectivity index (χ1n) is 9.14. The number of anilines is 1. The summed E-state index contributed by atoms with van der Waals surface area (Å²) < 4.78 is 5.20. The molecule has 0 aromatic heterocycles. The molecule has 4 nitrogen and oxygen atoms in total. The Morgan fingerprint density at radius 1 is 1.08 bits per heavy atom. The second-order valence-electron chi connectivity index (χ2n) is 6.87. The second kappa shape index (κ2) is 8.75. The minimum absolute atomic E-state index is 0.0557. The average Bonchev–Trinajstić information content (AvgIpc) is 2.61. The SMILES string of the molecule is CCN(C(=O)Nc1cc(C)c(C)cc1C)C(C)Cc1ccc(OC)cc1.